The summed E-state index contributed by atoms with van der Waals surface area (Å²) in [5.41, 5.74) is 1.26. The molecule has 0 radical (unpaired) electrons. The fourth-order valence-corrected chi connectivity index (χ4v) is 2.72. The minimum atomic E-state index is 0.107. The van der Waals surface area contributed by atoms with Gasteiger partial charge in [0.25, 0.3) is 0 Å². The second-order valence-electron chi connectivity index (χ2n) is 5.30. The molecule has 19 heavy (non-hydrogen) atoms. The minimum Gasteiger partial charge on any atom is -0.479 e. The van der Waals surface area contributed by atoms with Crippen molar-refractivity contribution in [1.29, 1.82) is 5.26 Å². The van der Waals surface area contributed by atoms with E-state index in [-0.39, 0.29) is 6.61 Å². The highest BCUT2D eigenvalue weighted by Crippen LogP contribution is 2.27. The van der Waals surface area contributed by atoms with E-state index in [1.165, 1.54) is 31.2 Å². The van der Waals surface area contributed by atoms with Crippen LogP contribution in [-0.4, -0.2) is 12.6 Å². The van der Waals surface area contributed by atoms with Crippen LogP contribution in [0, 0.1) is 17.2 Å². The predicted molar refractivity (Wildman–Crippen MR) is 75.8 cm³/mol. The molecule has 0 aliphatic heterocycles. The molecule has 0 unspecified atom stereocenters. The first-order chi connectivity index (χ1) is 9.29. The molecule has 0 aromatic heterocycles. The van der Waals surface area contributed by atoms with Gasteiger partial charge in [0.05, 0.1) is 0 Å². The third kappa shape index (κ3) is 4.25. The third-order valence-corrected chi connectivity index (χ3v) is 3.96. The Morgan fingerprint density at radius 1 is 1.32 bits per heavy atom. The normalized spacial score (nSPS) is 17.1. The van der Waals surface area contributed by atoms with E-state index >= 15 is 0 Å². The van der Waals surface area contributed by atoms with Gasteiger partial charge in [-0.2, -0.15) is 5.26 Å². The molecule has 1 aromatic rings. The molecule has 102 valence electrons. The number of nitriles is 1. The molecule has 1 aliphatic carbocycles. The van der Waals surface area contributed by atoms with Crippen molar-refractivity contribution < 1.29 is 4.74 Å². The van der Waals surface area contributed by atoms with Crippen molar-refractivity contribution in [1.82, 2.24) is 5.32 Å². The summed E-state index contributed by atoms with van der Waals surface area (Å²) < 4.78 is 5.24. The molecular weight excluding hydrogens is 236 g/mol. The molecule has 0 bridgehead atoms. The Balaban J connectivity index is 1.77. The predicted octanol–water partition coefficient (Wildman–Crippen LogP) is 3.26. The Labute approximate surface area is 115 Å². The van der Waals surface area contributed by atoms with Gasteiger partial charge in [-0.05, 0) is 43.4 Å². The van der Waals surface area contributed by atoms with Gasteiger partial charge >= 0.3 is 0 Å². The maximum atomic E-state index is 8.45. The Hall–Kier alpha value is -1.53. The maximum absolute atomic E-state index is 8.45. The third-order valence-electron chi connectivity index (χ3n) is 3.96. The fraction of sp³-hybridized carbons (Fsp3) is 0.562. The van der Waals surface area contributed by atoms with E-state index in [1.807, 2.05) is 18.2 Å². The highest BCUT2D eigenvalue weighted by atomic mass is 16.5. The summed E-state index contributed by atoms with van der Waals surface area (Å²) in [5.74, 6) is 1.60. The van der Waals surface area contributed by atoms with Crippen LogP contribution in [0.5, 0.6) is 5.75 Å². The van der Waals surface area contributed by atoms with Crippen LogP contribution in [-0.2, 0) is 6.54 Å². The number of rotatable bonds is 6. The molecule has 1 atom stereocenters. The van der Waals surface area contributed by atoms with Crippen LogP contribution in [0.15, 0.2) is 24.3 Å². The van der Waals surface area contributed by atoms with Crippen molar-refractivity contribution in [2.24, 2.45) is 5.92 Å². The van der Waals surface area contributed by atoms with Crippen LogP contribution < -0.4 is 10.1 Å². The van der Waals surface area contributed by atoms with E-state index in [0.717, 1.165) is 18.2 Å². The molecule has 1 saturated carbocycles. The molecule has 1 fully saturated rings. The lowest BCUT2D eigenvalue weighted by atomic mass is 9.99. The molecule has 1 aromatic carbocycles. The van der Waals surface area contributed by atoms with Gasteiger partial charge < -0.3 is 10.1 Å². The fourth-order valence-electron chi connectivity index (χ4n) is 2.72. The molecule has 3 nitrogen and oxygen atoms in total. The van der Waals surface area contributed by atoms with Crippen molar-refractivity contribution in [3.05, 3.63) is 29.8 Å². The number of hydrogen-bond acceptors (Lipinski definition) is 3. The second-order valence-corrected chi connectivity index (χ2v) is 5.30. The zero-order valence-corrected chi connectivity index (χ0v) is 11.6. The summed E-state index contributed by atoms with van der Waals surface area (Å²) in [7, 11) is 0. The summed E-state index contributed by atoms with van der Waals surface area (Å²) in [4.78, 5) is 0. The van der Waals surface area contributed by atoms with Crippen molar-refractivity contribution in [3.8, 4) is 11.8 Å². The molecule has 0 amide bonds. The van der Waals surface area contributed by atoms with Gasteiger partial charge in [-0.3, -0.25) is 0 Å². The second kappa shape index (κ2) is 7.16. The Morgan fingerprint density at radius 2 is 2.00 bits per heavy atom. The van der Waals surface area contributed by atoms with Crippen LogP contribution in [0.4, 0.5) is 0 Å². The van der Waals surface area contributed by atoms with Gasteiger partial charge in [-0.15, -0.1) is 0 Å². The quantitative estimate of drug-likeness (QED) is 0.852. The van der Waals surface area contributed by atoms with E-state index in [2.05, 4.69) is 24.4 Å². The lowest BCUT2D eigenvalue weighted by Gasteiger charge is -2.20. The van der Waals surface area contributed by atoms with Crippen molar-refractivity contribution in [2.45, 2.75) is 45.2 Å². The molecule has 0 spiro atoms. The molecule has 1 aliphatic rings. The van der Waals surface area contributed by atoms with Gasteiger partial charge in [0.15, 0.2) is 6.61 Å². The maximum Gasteiger partial charge on any atom is 0.174 e. The van der Waals surface area contributed by atoms with Crippen LogP contribution >= 0.6 is 0 Å². The van der Waals surface area contributed by atoms with Gasteiger partial charge in [0.2, 0.25) is 0 Å². The minimum absolute atomic E-state index is 0.107. The van der Waals surface area contributed by atoms with Crippen LogP contribution in [0.25, 0.3) is 0 Å². The Morgan fingerprint density at radius 3 is 2.63 bits per heavy atom. The zero-order valence-electron chi connectivity index (χ0n) is 11.6. The van der Waals surface area contributed by atoms with Crippen LogP contribution in [0.1, 0.15) is 38.2 Å². The average molecular weight is 258 g/mol. The number of ether oxygens (including phenoxy) is 1. The van der Waals surface area contributed by atoms with Crippen molar-refractivity contribution in [3.63, 3.8) is 0 Å². The summed E-state index contributed by atoms with van der Waals surface area (Å²) in [6.07, 6.45) is 5.52. The molecule has 2 rings (SSSR count). The lowest BCUT2D eigenvalue weighted by Crippen LogP contribution is -2.31. The highest BCUT2D eigenvalue weighted by molar-refractivity contribution is 5.27. The average Bonchev–Trinajstić information content (AvgIpc) is 2.98. The van der Waals surface area contributed by atoms with Gasteiger partial charge in [-0.1, -0.05) is 25.0 Å². The Bertz CT molecular complexity index is 415. The van der Waals surface area contributed by atoms with E-state index in [1.54, 1.807) is 0 Å². The standard InChI is InChI=1S/C16H22N2O/c1-13(15-4-2-3-5-15)18-12-14-6-8-16(9-7-14)19-11-10-17/h6-9,13,15,18H,2-5,11-12H2,1H3/t13-/m1/s1. The zero-order chi connectivity index (χ0) is 13.5. The van der Waals surface area contributed by atoms with Crippen molar-refractivity contribution >= 4 is 0 Å². The van der Waals surface area contributed by atoms with Crippen molar-refractivity contribution in [2.75, 3.05) is 6.61 Å². The van der Waals surface area contributed by atoms with Crippen LogP contribution in [0.2, 0.25) is 0 Å². The highest BCUT2D eigenvalue weighted by Gasteiger charge is 2.20. The molecule has 3 heteroatoms. The first kappa shape index (κ1) is 13.9. The first-order valence-corrected chi connectivity index (χ1v) is 7.11. The summed E-state index contributed by atoms with van der Waals surface area (Å²) in [6.45, 7) is 3.30. The summed E-state index contributed by atoms with van der Waals surface area (Å²) in [5, 5.41) is 12.1. The van der Waals surface area contributed by atoms with E-state index < -0.39 is 0 Å². The molecule has 0 saturated heterocycles. The monoisotopic (exact) mass is 258 g/mol. The topological polar surface area (TPSA) is 45.0 Å². The van der Waals surface area contributed by atoms with E-state index in [9.17, 15) is 0 Å². The Kier molecular flexibility index (Phi) is 5.23. The molecule has 0 heterocycles. The number of hydrogen-bond donors (Lipinski definition) is 1. The van der Waals surface area contributed by atoms with Gasteiger partial charge in [-0.25, -0.2) is 0 Å². The van der Waals surface area contributed by atoms with Gasteiger partial charge in [0.1, 0.15) is 11.8 Å². The van der Waals surface area contributed by atoms with E-state index in [4.69, 9.17) is 10.00 Å². The SMILES string of the molecule is C[C@@H](NCc1ccc(OCC#N)cc1)C1CCCC1. The van der Waals surface area contributed by atoms with E-state index in [0.29, 0.717) is 6.04 Å². The largest absolute Gasteiger partial charge is 0.479 e. The molecule has 1 N–H and O–H groups in total. The number of nitrogens with zero attached hydrogens (tertiary/aromatic N) is 1. The summed E-state index contributed by atoms with van der Waals surface area (Å²) >= 11 is 0. The smallest absolute Gasteiger partial charge is 0.174 e. The number of nitrogens with one attached hydrogen (secondary N) is 1. The number of benzene rings is 1. The lowest BCUT2D eigenvalue weighted by molar-refractivity contribution is 0.367. The van der Waals surface area contributed by atoms with Crippen LogP contribution in [0.3, 0.4) is 0 Å². The van der Waals surface area contributed by atoms with Gasteiger partial charge in [0, 0.05) is 12.6 Å². The first-order valence-electron chi connectivity index (χ1n) is 7.11. The summed E-state index contributed by atoms with van der Waals surface area (Å²) in [6, 6.07) is 10.5. The molecular formula is C16H22N2O.